The molecule has 1 amide bonds. The van der Waals surface area contributed by atoms with Crippen molar-refractivity contribution in [2.24, 2.45) is 0 Å². The molecule has 1 unspecified atom stereocenters. The number of fused-ring (bicyclic) bond motifs is 1. The van der Waals surface area contributed by atoms with Gasteiger partial charge in [-0.1, -0.05) is 25.7 Å². The number of hydrogen-bond donors (Lipinski definition) is 1. The molecule has 1 aliphatic rings. The van der Waals surface area contributed by atoms with E-state index in [1.54, 1.807) is 6.33 Å². The zero-order chi connectivity index (χ0) is 22.6. The molecule has 0 spiro atoms. The van der Waals surface area contributed by atoms with E-state index < -0.39 is 14.2 Å². The minimum absolute atomic E-state index is 0.0317. The Labute approximate surface area is 193 Å². The number of anilines is 1. The fraction of sp³-hybridized carbons (Fsp3) is 0.571. The van der Waals surface area contributed by atoms with E-state index in [2.05, 4.69) is 57.0 Å². The van der Waals surface area contributed by atoms with Gasteiger partial charge >= 0.3 is 6.09 Å². The lowest BCUT2D eigenvalue weighted by molar-refractivity contribution is 0.0898. The Morgan fingerprint density at radius 1 is 1.45 bits per heavy atom. The van der Waals surface area contributed by atoms with E-state index in [0.717, 1.165) is 46.8 Å². The Kier molecular flexibility index (Phi) is 7.76. The van der Waals surface area contributed by atoms with Crippen molar-refractivity contribution in [3.8, 4) is 0 Å². The molecule has 1 fully saturated rings. The Bertz CT molecular complexity index is 930. The predicted octanol–water partition coefficient (Wildman–Crippen LogP) is 4.64. The molecule has 3 heterocycles. The van der Waals surface area contributed by atoms with Crippen molar-refractivity contribution in [3.63, 3.8) is 0 Å². The number of amides is 1. The molecule has 1 N–H and O–H groups in total. The van der Waals surface area contributed by atoms with Crippen molar-refractivity contribution < 1.29 is 14.6 Å². The summed E-state index contributed by atoms with van der Waals surface area (Å²) in [6.45, 7) is 13.7. The molecular weight excluding hydrogens is 478 g/mol. The standard InChI is InChI=1S/C21H32BrN5O3Si/c1-5-8-27(16-7-6-9-25(12-16)21(28)29)20-18-17(22)13-26(19(18)23-14-24-20)15-30-10-11-31(2,3)4/h5,13-14,16H,1,6-12,15H2,2-4H3,(H,28,29). The zero-order valence-electron chi connectivity index (χ0n) is 18.6. The van der Waals surface area contributed by atoms with Crippen LogP contribution in [0.25, 0.3) is 11.0 Å². The van der Waals surface area contributed by atoms with E-state index in [0.29, 0.717) is 26.4 Å². The van der Waals surface area contributed by atoms with Crippen LogP contribution in [0.4, 0.5) is 10.6 Å². The van der Waals surface area contributed by atoms with Gasteiger partial charge in [0, 0.05) is 51.0 Å². The maximum Gasteiger partial charge on any atom is 0.407 e. The number of carbonyl (C=O) groups is 1. The van der Waals surface area contributed by atoms with Gasteiger partial charge in [-0.15, -0.1) is 6.58 Å². The third kappa shape index (κ3) is 5.87. The normalized spacial score (nSPS) is 17.2. The Balaban J connectivity index is 1.87. The van der Waals surface area contributed by atoms with Gasteiger partial charge in [0.05, 0.1) is 5.39 Å². The highest BCUT2D eigenvalue weighted by molar-refractivity contribution is 9.10. The summed E-state index contributed by atoms with van der Waals surface area (Å²) in [5.41, 5.74) is 0.796. The third-order valence-corrected chi connectivity index (χ3v) is 7.83. The van der Waals surface area contributed by atoms with Gasteiger partial charge in [-0.05, 0) is 34.8 Å². The molecule has 0 aromatic carbocycles. The van der Waals surface area contributed by atoms with Gasteiger partial charge in [0.2, 0.25) is 0 Å². The molecule has 2 aromatic heterocycles. The fourth-order valence-electron chi connectivity index (χ4n) is 3.85. The van der Waals surface area contributed by atoms with Crippen LogP contribution in [0, 0.1) is 0 Å². The monoisotopic (exact) mass is 509 g/mol. The Morgan fingerprint density at radius 3 is 2.90 bits per heavy atom. The predicted molar refractivity (Wildman–Crippen MR) is 129 cm³/mol. The second-order valence-electron chi connectivity index (χ2n) is 9.16. The maximum absolute atomic E-state index is 11.5. The topological polar surface area (TPSA) is 83.7 Å². The summed E-state index contributed by atoms with van der Waals surface area (Å²) in [7, 11) is -1.14. The number of aromatic nitrogens is 3. The van der Waals surface area contributed by atoms with Gasteiger partial charge in [-0.25, -0.2) is 14.8 Å². The largest absolute Gasteiger partial charge is 0.465 e. The van der Waals surface area contributed by atoms with Crippen molar-refractivity contribution in [1.29, 1.82) is 0 Å². The number of rotatable bonds is 9. The lowest BCUT2D eigenvalue weighted by atomic mass is 10.0. The van der Waals surface area contributed by atoms with Crippen LogP contribution < -0.4 is 4.90 Å². The Morgan fingerprint density at radius 2 is 2.23 bits per heavy atom. The highest BCUT2D eigenvalue weighted by Gasteiger charge is 2.30. The second-order valence-corrected chi connectivity index (χ2v) is 15.6. The Hall–Kier alpha value is -1.91. The van der Waals surface area contributed by atoms with Gasteiger partial charge in [0.25, 0.3) is 0 Å². The molecule has 10 heteroatoms. The average molecular weight is 511 g/mol. The minimum atomic E-state index is -1.14. The summed E-state index contributed by atoms with van der Waals surface area (Å²) in [6.07, 6.45) is 6.23. The van der Waals surface area contributed by atoms with Crippen molar-refractivity contribution >= 4 is 46.9 Å². The summed E-state index contributed by atoms with van der Waals surface area (Å²) in [6, 6.07) is 1.15. The molecule has 0 saturated carbocycles. The lowest BCUT2D eigenvalue weighted by Crippen LogP contribution is -2.50. The summed E-state index contributed by atoms with van der Waals surface area (Å²) in [5.74, 6) is 0.787. The van der Waals surface area contributed by atoms with E-state index in [4.69, 9.17) is 4.74 Å². The number of ether oxygens (including phenoxy) is 1. The number of hydrogen-bond acceptors (Lipinski definition) is 5. The minimum Gasteiger partial charge on any atom is -0.465 e. The van der Waals surface area contributed by atoms with Gasteiger partial charge in [-0.3, -0.25) is 0 Å². The molecule has 31 heavy (non-hydrogen) atoms. The molecule has 3 rings (SSSR count). The van der Waals surface area contributed by atoms with E-state index in [1.807, 2.05) is 16.8 Å². The van der Waals surface area contributed by atoms with Gasteiger partial charge in [0.1, 0.15) is 24.5 Å². The lowest BCUT2D eigenvalue weighted by Gasteiger charge is -2.38. The average Bonchev–Trinajstić information content (AvgIpc) is 3.05. The number of nitrogens with zero attached hydrogens (tertiary/aromatic N) is 5. The third-order valence-electron chi connectivity index (χ3n) is 5.52. The zero-order valence-corrected chi connectivity index (χ0v) is 21.1. The SMILES string of the molecule is C=CCN(c1ncnc2c1c(Br)cn2COCC[Si](C)(C)C)C1CCCN(C(=O)O)C1. The van der Waals surface area contributed by atoms with Crippen molar-refractivity contribution in [1.82, 2.24) is 19.4 Å². The van der Waals surface area contributed by atoms with E-state index in [9.17, 15) is 9.90 Å². The molecule has 0 aliphatic carbocycles. The molecule has 8 nitrogen and oxygen atoms in total. The number of likely N-dealkylation sites (tertiary alicyclic amines) is 1. The van der Waals surface area contributed by atoms with Crippen LogP contribution in [0.15, 0.2) is 29.7 Å². The first-order valence-corrected chi connectivity index (χ1v) is 15.1. The van der Waals surface area contributed by atoms with Crippen LogP contribution in [-0.4, -0.2) is 71.0 Å². The van der Waals surface area contributed by atoms with E-state index in [-0.39, 0.29) is 6.04 Å². The highest BCUT2D eigenvalue weighted by atomic mass is 79.9. The summed E-state index contributed by atoms with van der Waals surface area (Å²) in [4.78, 5) is 24.3. The highest BCUT2D eigenvalue weighted by Crippen LogP contribution is 2.34. The molecule has 1 saturated heterocycles. The first kappa shape index (κ1) is 23.7. The quantitative estimate of drug-likeness (QED) is 0.301. The van der Waals surface area contributed by atoms with Crippen molar-refractivity contribution in [2.45, 2.75) is 51.3 Å². The van der Waals surface area contributed by atoms with E-state index >= 15 is 0 Å². The molecule has 170 valence electrons. The van der Waals surface area contributed by atoms with Crippen LogP contribution in [0.1, 0.15) is 12.8 Å². The number of halogens is 1. The van der Waals surface area contributed by atoms with Crippen LogP contribution in [0.3, 0.4) is 0 Å². The van der Waals surface area contributed by atoms with Crippen molar-refractivity contribution in [2.75, 3.05) is 31.1 Å². The number of piperidine rings is 1. The van der Waals surface area contributed by atoms with Crippen LogP contribution in [0.2, 0.25) is 25.7 Å². The van der Waals surface area contributed by atoms with Gasteiger partial charge in [-0.2, -0.15) is 0 Å². The molecule has 0 radical (unpaired) electrons. The number of carboxylic acid groups (broad SMARTS) is 1. The van der Waals surface area contributed by atoms with Gasteiger partial charge in [0.15, 0.2) is 0 Å². The molecular formula is C21H32BrN5O3Si. The summed E-state index contributed by atoms with van der Waals surface area (Å²) in [5, 5.41) is 10.4. The first-order chi connectivity index (χ1) is 14.7. The molecule has 0 bridgehead atoms. The summed E-state index contributed by atoms with van der Waals surface area (Å²) < 4.78 is 8.82. The van der Waals surface area contributed by atoms with Gasteiger partial charge < -0.3 is 24.2 Å². The fourth-order valence-corrected chi connectivity index (χ4v) is 5.21. The van der Waals surface area contributed by atoms with E-state index in [1.165, 1.54) is 4.90 Å². The summed E-state index contributed by atoms with van der Waals surface area (Å²) >= 11 is 3.68. The van der Waals surface area contributed by atoms with Crippen LogP contribution in [-0.2, 0) is 11.5 Å². The maximum atomic E-state index is 11.5. The van der Waals surface area contributed by atoms with Crippen molar-refractivity contribution in [3.05, 3.63) is 29.7 Å². The molecule has 1 atom stereocenters. The van der Waals surface area contributed by atoms with Crippen LogP contribution in [0.5, 0.6) is 0 Å². The van der Waals surface area contributed by atoms with Crippen LogP contribution >= 0.6 is 15.9 Å². The molecule has 2 aromatic rings. The second kappa shape index (κ2) is 10.1. The smallest absolute Gasteiger partial charge is 0.407 e. The first-order valence-electron chi connectivity index (χ1n) is 10.6. The molecule has 1 aliphatic heterocycles.